The summed E-state index contributed by atoms with van der Waals surface area (Å²) in [5.74, 6) is -0.382. The maximum Gasteiger partial charge on any atom is 0.341 e. The first kappa shape index (κ1) is 14.3. The number of aliphatic carboxylic acids is 1. The Morgan fingerprint density at radius 1 is 1.44 bits per heavy atom. The smallest absolute Gasteiger partial charge is 0.341 e. The van der Waals surface area contributed by atoms with E-state index < -0.39 is 12.6 Å². The van der Waals surface area contributed by atoms with Crippen LogP contribution in [-0.4, -0.2) is 35.7 Å². The highest BCUT2D eigenvalue weighted by Gasteiger charge is 2.11. The first-order valence-corrected chi connectivity index (χ1v) is 5.86. The van der Waals surface area contributed by atoms with Crippen LogP contribution in [0.2, 0.25) is 0 Å². The minimum Gasteiger partial charge on any atom is -0.490 e. The van der Waals surface area contributed by atoms with Crippen LogP contribution in [0.15, 0.2) is 21.8 Å². The van der Waals surface area contributed by atoms with Gasteiger partial charge in [0.1, 0.15) is 0 Å². The quantitative estimate of drug-likeness (QED) is 0.476. The number of nitrogens with zero attached hydrogens (tertiary/aromatic N) is 1. The first-order valence-electron chi connectivity index (χ1n) is 5.06. The van der Waals surface area contributed by atoms with Crippen molar-refractivity contribution in [3.8, 4) is 11.5 Å². The zero-order valence-corrected chi connectivity index (χ0v) is 11.2. The van der Waals surface area contributed by atoms with Gasteiger partial charge in [-0.25, -0.2) is 4.79 Å². The number of oxime groups is 1. The lowest BCUT2D eigenvalue weighted by atomic mass is 10.2. The molecule has 0 bridgehead atoms. The molecule has 2 N–H and O–H groups in total. The Morgan fingerprint density at radius 2 is 2.11 bits per heavy atom. The minimum absolute atomic E-state index is 0.307. The molecule has 0 heterocycles. The van der Waals surface area contributed by atoms with Crippen LogP contribution in [-0.2, 0) is 4.79 Å². The normalized spacial score (nSPS) is 10.6. The van der Waals surface area contributed by atoms with Crippen molar-refractivity contribution in [3.63, 3.8) is 0 Å². The van der Waals surface area contributed by atoms with Gasteiger partial charge in [0.15, 0.2) is 18.1 Å². The standard InChI is InChI=1S/C11H12BrNO5/c1-2-17-9-3-7(5-13-16)8(12)4-10(9)18-6-11(14)15/h3-5,16H,2,6H2,1H3,(H,14,15). The predicted octanol–water partition coefficient (Wildman–Crippen LogP) is 2.12. The molecule has 0 aliphatic rings. The van der Waals surface area contributed by atoms with Gasteiger partial charge in [-0.1, -0.05) is 5.16 Å². The summed E-state index contributed by atoms with van der Waals surface area (Å²) in [6.45, 7) is 1.74. The number of carbonyl (C=O) groups is 1. The largest absolute Gasteiger partial charge is 0.490 e. The third-order valence-corrected chi connectivity index (χ3v) is 2.60. The molecule has 18 heavy (non-hydrogen) atoms. The molecule has 1 rings (SSSR count). The van der Waals surface area contributed by atoms with E-state index in [9.17, 15) is 4.79 Å². The number of halogens is 1. The maximum atomic E-state index is 10.5. The molecule has 0 aliphatic carbocycles. The summed E-state index contributed by atoms with van der Waals surface area (Å²) < 4.78 is 11.0. The number of hydrogen-bond acceptors (Lipinski definition) is 5. The van der Waals surface area contributed by atoms with Crippen LogP contribution in [0.3, 0.4) is 0 Å². The molecule has 0 aromatic heterocycles. The van der Waals surface area contributed by atoms with Gasteiger partial charge in [0, 0.05) is 10.0 Å². The van der Waals surface area contributed by atoms with E-state index >= 15 is 0 Å². The molecule has 0 atom stereocenters. The van der Waals surface area contributed by atoms with Gasteiger partial charge in [-0.15, -0.1) is 0 Å². The van der Waals surface area contributed by atoms with E-state index in [0.717, 1.165) is 0 Å². The number of carboxylic acid groups (broad SMARTS) is 1. The fraction of sp³-hybridized carbons (Fsp3) is 0.273. The summed E-state index contributed by atoms with van der Waals surface area (Å²) in [7, 11) is 0. The molecule has 0 saturated carbocycles. The molecule has 1 aromatic carbocycles. The Balaban J connectivity index is 3.07. The monoisotopic (exact) mass is 317 g/mol. The lowest BCUT2D eigenvalue weighted by molar-refractivity contribution is -0.139. The van der Waals surface area contributed by atoms with Crippen LogP contribution in [0.5, 0.6) is 11.5 Å². The molecule has 98 valence electrons. The Hall–Kier alpha value is -1.76. The van der Waals surface area contributed by atoms with Crippen LogP contribution in [0.25, 0.3) is 0 Å². The summed E-state index contributed by atoms with van der Waals surface area (Å²) in [6.07, 6.45) is 1.23. The Morgan fingerprint density at radius 3 is 2.67 bits per heavy atom. The number of benzene rings is 1. The van der Waals surface area contributed by atoms with Crippen molar-refractivity contribution in [2.75, 3.05) is 13.2 Å². The van der Waals surface area contributed by atoms with E-state index in [1.54, 1.807) is 19.1 Å². The SMILES string of the molecule is CCOc1cc(C=NO)c(Br)cc1OCC(=O)O. The molecule has 7 heteroatoms. The zero-order chi connectivity index (χ0) is 13.5. The molecule has 1 aromatic rings. The van der Waals surface area contributed by atoms with Gasteiger partial charge in [0.05, 0.1) is 12.8 Å². The van der Waals surface area contributed by atoms with E-state index in [1.165, 1.54) is 6.21 Å². The Bertz CT molecular complexity index is 461. The predicted molar refractivity (Wildman–Crippen MR) is 67.8 cm³/mol. The second kappa shape index (κ2) is 6.85. The lowest BCUT2D eigenvalue weighted by Crippen LogP contribution is -2.10. The van der Waals surface area contributed by atoms with Gasteiger partial charge in [0.25, 0.3) is 0 Å². The summed E-state index contributed by atoms with van der Waals surface area (Å²) >= 11 is 3.26. The van der Waals surface area contributed by atoms with Crippen molar-refractivity contribution in [3.05, 3.63) is 22.2 Å². The van der Waals surface area contributed by atoms with Gasteiger partial charge in [-0.05, 0) is 35.0 Å². The Kier molecular flexibility index (Phi) is 5.44. The summed E-state index contributed by atoms with van der Waals surface area (Å²) in [4.78, 5) is 10.5. The third kappa shape index (κ3) is 3.92. The Labute approximate surface area is 112 Å². The van der Waals surface area contributed by atoms with Crippen molar-refractivity contribution < 1.29 is 24.6 Å². The van der Waals surface area contributed by atoms with E-state index in [-0.39, 0.29) is 0 Å². The molecular weight excluding hydrogens is 306 g/mol. The van der Waals surface area contributed by atoms with E-state index in [2.05, 4.69) is 21.1 Å². The fourth-order valence-corrected chi connectivity index (χ4v) is 1.66. The summed E-state index contributed by atoms with van der Waals surface area (Å²) in [5.41, 5.74) is 0.587. The van der Waals surface area contributed by atoms with Crippen LogP contribution >= 0.6 is 15.9 Å². The van der Waals surface area contributed by atoms with E-state index in [1.807, 2.05) is 0 Å². The van der Waals surface area contributed by atoms with Gasteiger partial charge in [-0.2, -0.15) is 0 Å². The maximum absolute atomic E-state index is 10.5. The highest BCUT2D eigenvalue weighted by molar-refractivity contribution is 9.10. The van der Waals surface area contributed by atoms with Gasteiger partial charge >= 0.3 is 5.97 Å². The summed E-state index contributed by atoms with van der Waals surface area (Å²) in [5, 5.41) is 20.0. The molecule has 0 amide bonds. The van der Waals surface area contributed by atoms with Crippen molar-refractivity contribution in [1.82, 2.24) is 0 Å². The molecule has 0 spiro atoms. The summed E-state index contributed by atoms with van der Waals surface area (Å²) in [6, 6.07) is 3.15. The van der Waals surface area contributed by atoms with Crippen molar-refractivity contribution in [2.45, 2.75) is 6.92 Å². The van der Waals surface area contributed by atoms with Crippen molar-refractivity contribution in [2.24, 2.45) is 5.16 Å². The molecule has 6 nitrogen and oxygen atoms in total. The highest BCUT2D eigenvalue weighted by atomic mass is 79.9. The molecular formula is C11H12BrNO5. The van der Waals surface area contributed by atoms with Gasteiger partial charge < -0.3 is 19.8 Å². The molecule has 0 saturated heterocycles. The van der Waals surface area contributed by atoms with Crippen LogP contribution in [0.1, 0.15) is 12.5 Å². The van der Waals surface area contributed by atoms with E-state index in [0.29, 0.717) is 28.1 Å². The molecule has 0 aliphatic heterocycles. The van der Waals surface area contributed by atoms with Crippen LogP contribution in [0, 0.1) is 0 Å². The second-order valence-electron chi connectivity index (χ2n) is 3.18. The average Bonchev–Trinajstić information content (AvgIpc) is 2.31. The second-order valence-corrected chi connectivity index (χ2v) is 4.03. The minimum atomic E-state index is -1.07. The number of carboxylic acids is 1. The molecule has 0 radical (unpaired) electrons. The highest BCUT2D eigenvalue weighted by Crippen LogP contribution is 2.33. The number of rotatable bonds is 6. The molecule has 0 unspecified atom stereocenters. The third-order valence-electron chi connectivity index (χ3n) is 1.91. The topological polar surface area (TPSA) is 88.4 Å². The van der Waals surface area contributed by atoms with Crippen LogP contribution < -0.4 is 9.47 Å². The first-order chi connectivity index (χ1) is 8.58. The average molecular weight is 318 g/mol. The van der Waals surface area contributed by atoms with Crippen molar-refractivity contribution in [1.29, 1.82) is 0 Å². The van der Waals surface area contributed by atoms with Gasteiger partial charge in [-0.3, -0.25) is 0 Å². The zero-order valence-electron chi connectivity index (χ0n) is 9.59. The van der Waals surface area contributed by atoms with Crippen molar-refractivity contribution >= 4 is 28.1 Å². The lowest BCUT2D eigenvalue weighted by Gasteiger charge is -2.12. The molecule has 0 fully saturated rings. The number of hydrogen-bond donors (Lipinski definition) is 2. The van der Waals surface area contributed by atoms with E-state index in [4.69, 9.17) is 19.8 Å². The van der Waals surface area contributed by atoms with Crippen LogP contribution in [0.4, 0.5) is 0 Å². The number of ether oxygens (including phenoxy) is 2. The van der Waals surface area contributed by atoms with Gasteiger partial charge in [0.2, 0.25) is 0 Å². The fourth-order valence-electron chi connectivity index (χ4n) is 1.23.